The number of hydrogen-bond donors (Lipinski definition) is 0. The monoisotopic (exact) mass is 450 g/mol. The zero-order chi connectivity index (χ0) is 22.9. The first-order chi connectivity index (χ1) is 15.5. The van der Waals surface area contributed by atoms with Crippen molar-refractivity contribution < 1.29 is 14.3 Å². The highest BCUT2D eigenvalue weighted by Gasteiger charge is 2.15. The van der Waals surface area contributed by atoms with Crippen LogP contribution in [-0.2, 0) is 17.9 Å². The first kappa shape index (κ1) is 23.4. The van der Waals surface area contributed by atoms with Gasteiger partial charge in [-0.3, -0.25) is 9.78 Å². The molecule has 32 heavy (non-hydrogen) atoms. The number of hydrogen-bond acceptors (Lipinski definition) is 4. The van der Waals surface area contributed by atoms with E-state index in [0.717, 1.165) is 22.3 Å². The van der Waals surface area contributed by atoms with E-state index >= 15 is 0 Å². The zero-order valence-corrected chi connectivity index (χ0v) is 19.3. The summed E-state index contributed by atoms with van der Waals surface area (Å²) in [6.45, 7) is 5.37. The predicted molar refractivity (Wildman–Crippen MR) is 128 cm³/mol. The maximum atomic E-state index is 13.2. The minimum atomic E-state index is -0.109. The summed E-state index contributed by atoms with van der Waals surface area (Å²) < 4.78 is 11.0. The van der Waals surface area contributed by atoms with Gasteiger partial charge >= 0.3 is 0 Å². The van der Waals surface area contributed by atoms with Crippen LogP contribution in [-0.4, -0.2) is 29.5 Å². The van der Waals surface area contributed by atoms with E-state index < -0.39 is 0 Å². The van der Waals surface area contributed by atoms with Crippen LogP contribution in [0, 0.1) is 6.92 Å². The molecule has 0 aliphatic heterocycles. The molecule has 0 fully saturated rings. The number of benzene rings is 2. The maximum absolute atomic E-state index is 13.2. The number of nitrogens with zero attached hydrogens (tertiary/aromatic N) is 2. The lowest BCUT2D eigenvalue weighted by Crippen LogP contribution is -2.28. The normalized spacial score (nSPS) is 10.9. The van der Waals surface area contributed by atoms with Gasteiger partial charge in [0.05, 0.1) is 18.7 Å². The van der Waals surface area contributed by atoms with Crippen molar-refractivity contribution in [1.82, 2.24) is 9.88 Å². The van der Waals surface area contributed by atoms with Crippen molar-refractivity contribution in [3.8, 4) is 11.5 Å². The molecule has 0 saturated heterocycles. The van der Waals surface area contributed by atoms with Crippen LogP contribution in [0.5, 0.6) is 11.5 Å². The van der Waals surface area contributed by atoms with Crippen LogP contribution in [0.3, 0.4) is 0 Å². The number of methoxy groups -OCH3 is 1. The Bertz CT molecular complexity index is 1080. The molecule has 0 aliphatic carbocycles. The van der Waals surface area contributed by atoms with Crippen LogP contribution in [0.4, 0.5) is 0 Å². The molecule has 5 nitrogen and oxygen atoms in total. The number of ether oxygens (including phenoxy) is 2. The van der Waals surface area contributed by atoms with Gasteiger partial charge in [0.1, 0.15) is 0 Å². The van der Waals surface area contributed by atoms with Crippen LogP contribution in [0.1, 0.15) is 29.2 Å². The molecule has 2 aromatic carbocycles. The first-order valence-electron chi connectivity index (χ1n) is 10.4. The number of aryl methyl sites for hydroxylation is 1. The van der Waals surface area contributed by atoms with Crippen molar-refractivity contribution >= 4 is 23.6 Å². The summed E-state index contributed by atoms with van der Waals surface area (Å²) in [7, 11) is 1.55. The van der Waals surface area contributed by atoms with E-state index in [4.69, 9.17) is 21.1 Å². The van der Waals surface area contributed by atoms with Gasteiger partial charge in [0.2, 0.25) is 5.91 Å². The van der Waals surface area contributed by atoms with E-state index in [2.05, 4.69) is 4.98 Å². The standard InChI is InChI=1S/C26H27ClN2O3/c1-4-32-24-15-20(14-23(27)26(24)31-3)11-12-25(30)29(17-21-9-7-13-28-16-21)18-22-10-6-5-8-19(22)2/h5-16H,4,17-18H2,1-3H3/b12-11+. The molecule has 3 aromatic rings. The first-order valence-corrected chi connectivity index (χ1v) is 10.8. The van der Waals surface area contributed by atoms with Crippen molar-refractivity contribution in [3.05, 3.63) is 94.3 Å². The fraction of sp³-hybridized carbons (Fsp3) is 0.231. The molecular weight excluding hydrogens is 424 g/mol. The highest BCUT2D eigenvalue weighted by atomic mass is 35.5. The Morgan fingerprint density at radius 3 is 2.66 bits per heavy atom. The van der Waals surface area contributed by atoms with Gasteiger partial charge in [0.25, 0.3) is 0 Å². The molecule has 3 rings (SSSR count). The summed E-state index contributed by atoms with van der Waals surface area (Å²) in [4.78, 5) is 19.2. The fourth-order valence-electron chi connectivity index (χ4n) is 3.34. The van der Waals surface area contributed by atoms with Crippen molar-refractivity contribution in [2.45, 2.75) is 26.9 Å². The van der Waals surface area contributed by atoms with Crippen LogP contribution >= 0.6 is 11.6 Å². The Kier molecular flexibility index (Phi) is 8.28. The van der Waals surface area contributed by atoms with Crippen LogP contribution < -0.4 is 9.47 Å². The van der Waals surface area contributed by atoms with Crippen molar-refractivity contribution in [1.29, 1.82) is 0 Å². The lowest BCUT2D eigenvalue weighted by Gasteiger charge is -2.22. The molecule has 0 N–H and O–H groups in total. The summed E-state index contributed by atoms with van der Waals surface area (Å²) in [5, 5.41) is 0.428. The third kappa shape index (κ3) is 6.11. The highest BCUT2D eigenvalue weighted by Crippen LogP contribution is 2.36. The third-order valence-electron chi connectivity index (χ3n) is 4.98. The van der Waals surface area contributed by atoms with Gasteiger partial charge in [0, 0.05) is 31.6 Å². The van der Waals surface area contributed by atoms with Crippen molar-refractivity contribution in [2.75, 3.05) is 13.7 Å². The van der Waals surface area contributed by atoms with Gasteiger partial charge in [-0.05, 0) is 60.4 Å². The molecular formula is C26H27ClN2O3. The number of halogens is 1. The summed E-state index contributed by atoms with van der Waals surface area (Å²) >= 11 is 6.34. The number of carbonyl (C=O) groups excluding carboxylic acids is 1. The lowest BCUT2D eigenvalue weighted by atomic mass is 10.1. The van der Waals surface area contributed by atoms with Gasteiger partial charge in [-0.15, -0.1) is 0 Å². The second-order valence-electron chi connectivity index (χ2n) is 7.28. The Labute approximate surface area is 194 Å². The van der Waals surface area contributed by atoms with Gasteiger partial charge in [0.15, 0.2) is 11.5 Å². The third-order valence-corrected chi connectivity index (χ3v) is 5.27. The maximum Gasteiger partial charge on any atom is 0.247 e. The Morgan fingerprint density at radius 2 is 1.97 bits per heavy atom. The van der Waals surface area contributed by atoms with E-state index in [0.29, 0.717) is 36.2 Å². The van der Waals surface area contributed by atoms with Crippen LogP contribution in [0.2, 0.25) is 5.02 Å². The molecule has 0 aliphatic rings. The van der Waals surface area contributed by atoms with E-state index in [1.54, 1.807) is 42.6 Å². The van der Waals surface area contributed by atoms with Gasteiger partial charge < -0.3 is 14.4 Å². The summed E-state index contributed by atoms with van der Waals surface area (Å²) in [6, 6.07) is 15.5. The van der Waals surface area contributed by atoms with Crippen molar-refractivity contribution in [2.24, 2.45) is 0 Å². The number of amides is 1. The summed E-state index contributed by atoms with van der Waals surface area (Å²) in [6.07, 6.45) is 6.80. The number of pyridine rings is 1. The average molecular weight is 451 g/mol. The van der Waals surface area contributed by atoms with Gasteiger partial charge in [-0.25, -0.2) is 0 Å². The molecule has 0 radical (unpaired) electrons. The molecule has 0 saturated carbocycles. The van der Waals surface area contributed by atoms with Crippen LogP contribution in [0.15, 0.2) is 67.0 Å². The second kappa shape index (κ2) is 11.3. The largest absolute Gasteiger partial charge is 0.491 e. The SMILES string of the molecule is CCOc1cc(/C=C/C(=O)N(Cc2cccnc2)Cc2ccccc2C)cc(Cl)c1OC. The van der Waals surface area contributed by atoms with E-state index in [-0.39, 0.29) is 5.91 Å². The quantitative estimate of drug-likeness (QED) is 0.393. The molecule has 0 atom stereocenters. The topological polar surface area (TPSA) is 51.7 Å². The predicted octanol–water partition coefficient (Wildman–Crippen LogP) is 5.69. The zero-order valence-electron chi connectivity index (χ0n) is 18.5. The lowest BCUT2D eigenvalue weighted by molar-refractivity contribution is -0.127. The smallest absolute Gasteiger partial charge is 0.247 e. The Morgan fingerprint density at radius 1 is 1.16 bits per heavy atom. The number of aromatic nitrogens is 1. The molecule has 0 spiro atoms. The van der Waals surface area contributed by atoms with Gasteiger partial charge in [-0.1, -0.05) is 41.9 Å². The average Bonchev–Trinajstić information content (AvgIpc) is 2.79. The minimum absolute atomic E-state index is 0.109. The molecule has 0 bridgehead atoms. The van der Waals surface area contributed by atoms with Gasteiger partial charge in [-0.2, -0.15) is 0 Å². The van der Waals surface area contributed by atoms with E-state index in [1.165, 1.54) is 0 Å². The molecule has 6 heteroatoms. The van der Waals surface area contributed by atoms with E-state index in [1.807, 2.05) is 56.3 Å². The molecule has 1 aromatic heterocycles. The van der Waals surface area contributed by atoms with Crippen LogP contribution in [0.25, 0.3) is 6.08 Å². The molecule has 1 amide bonds. The number of carbonyl (C=O) groups is 1. The second-order valence-corrected chi connectivity index (χ2v) is 7.69. The minimum Gasteiger partial charge on any atom is -0.491 e. The highest BCUT2D eigenvalue weighted by molar-refractivity contribution is 6.32. The Balaban J connectivity index is 1.85. The van der Waals surface area contributed by atoms with Crippen molar-refractivity contribution in [3.63, 3.8) is 0 Å². The Hall–Kier alpha value is -3.31. The summed E-state index contributed by atoms with van der Waals surface area (Å²) in [5.41, 5.74) is 3.96. The fourth-order valence-corrected chi connectivity index (χ4v) is 3.63. The molecule has 0 unspecified atom stereocenters. The number of rotatable bonds is 9. The molecule has 1 heterocycles. The van der Waals surface area contributed by atoms with E-state index in [9.17, 15) is 4.79 Å². The molecule has 166 valence electrons. The summed E-state index contributed by atoms with van der Waals surface area (Å²) in [5.74, 6) is 0.915.